The summed E-state index contributed by atoms with van der Waals surface area (Å²) in [6, 6.07) is 3.16. The number of hydrogen-bond donors (Lipinski definition) is 1. The minimum Gasteiger partial charge on any atom is -0.398 e. The van der Waals surface area contributed by atoms with Crippen LogP contribution in [0.25, 0.3) is 11.1 Å². The Kier molecular flexibility index (Phi) is 3.11. The van der Waals surface area contributed by atoms with E-state index in [2.05, 4.69) is 5.10 Å². The number of rotatable bonds is 2. The minimum atomic E-state index is -0.253. The second kappa shape index (κ2) is 4.44. The molecule has 1 aromatic carbocycles. The van der Waals surface area contributed by atoms with Gasteiger partial charge in [-0.3, -0.25) is 4.68 Å². The second-order valence-electron chi connectivity index (χ2n) is 4.95. The van der Waals surface area contributed by atoms with Gasteiger partial charge in [-0.15, -0.1) is 0 Å². The number of aryl methyl sites for hydroxylation is 2. The molecule has 0 unspecified atom stereocenters. The fourth-order valence-corrected chi connectivity index (χ4v) is 2.04. The molecular weight excluding hydrogens is 229 g/mol. The maximum atomic E-state index is 14.1. The molecule has 0 aliphatic rings. The minimum absolute atomic E-state index is 0.239. The lowest BCUT2D eigenvalue weighted by Gasteiger charge is -2.09. The Morgan fingerprint density at radius 3 is 2.56 bits per heavy atom. The van der Waals surface area contributed by atoms with Crippen LogP contribution in [0.5, 0.6) is 0 Å². The summed E-state index contributed by atoms with van der Waals surface area (Å²) in [5, 5.41) is 4.39. The van der Waals surface area contributed by atoms with Crippen molar-refractivity contribution in [1.82, 2.24) is 9.78 Å². The van der Waals surface area contributed by atoms with E-state index in [4.69, 9.17) is 5.73 Å². The summed E-state index contributed by atoms with van der Waals surface area (Å²) in [7, 11) is 1.84. The fraction of sp³-hybridized carbons (Fsp3) is 0.357. The van der Waals surface area contributed by atoms with E-state index in [1.165, 1.54) is 6.07 Å². The summed E-state index contributed by atoms with van der Waals surface area (Å²) in [5.41, 5.74) is 9.45. The first kappa shape index (κ1) is 12.6. The Morgan fingerprint density at radius 2 is 1.94 bits per heavy atom. The lowest BCUT2D eigenvalue weighted by molar-refractivity contribution is 0.630. The van der Waals surface area contributed by atoms with Gasteiger partial charge in [0, 0.05) is 30.1 Å². The number of benzene rings is 1. The van der Waals surface area contributed by atoms with Gasteiger partial charge in [-0.25, -0.2) is 4.39 Å². The molecule has 96 valence electrons. The van der Waals surface area contributed by atoms with Crippen LogP contribution in [0.4, 0.5) is 10.1 Å². The van der Waals surface area contributed by atoms with Gasteiger partial charge in [-0.1, -0.05) is 13.8 Å². The summed E-state index contributed by atoms with van der Waals surface area (Å²) >= 11 is 0. The molecule has 3 nitrogen and oxygen atoms in total. The van der Waals surface area contributed by atoms with E-state index >= 15 is 0 Å². The molecule has 0 saturated carbocycles. The molecular formula is C14H18FN3. The third-order valence-electron chi connectivity index (χ3n) is 3.05. The maximum absolute atomic E-state index is 14.1. The number of anilines is 1. The summed E-state index contributed by atoms with van der Waals surface area (Å²) in [4.78, 5) is 0. The van der Waals surface area contributed by atoms with Gasteiger partial charge in [0.15, 0.2) is 0 Å². The Morgan fingerprint density at radius 1 is 1.28 bits per heavy atom. The van der Waals surface area contributed by atoms with Crippen molar-refractivity contribution in [3.05, 3.63) is 35.4 Å². The van der Waals surface area contributed by atoms with Crippen LogP contribution in [0.1, 0.15) is 31.0 Å². The predicted molar refractivity (Wildman–Crippen MR) is 71.8 cm³/mol. The van der Waals surface area contributed by atoms with Crippen LogP contribution in [-0.2, 0) is 7.05 Å². The smallest absolute Gasteiger partial charge is 0.131 e. The van der Waals surface area contributed by atoms with Crippen molar-refractivity contribution in [2.75, 3.05) is 5.73 Å². The highest BCUT2D eigenvalue weighted by Crippen LogP contribution is 2.32. The SMILES string of the molecule is Cc1cc(F)c(-c2cn(C)nc2C(C)C)cc1N. The summed E-state index contributed by atoms with van der Waals surface area (Å²) < 4.78 is 15.8. The predicted octanol–water partition coefficient (Wildman–Crippen LogP) is 3.24. The van der Waals surface area contributed by atoms with Crippen molar-refractivity contribution >= 4 is 5.69 Å². The summed E-state index contributed by atoms with van der Waals surface area (Å²) in [6.45, 7) is 5.89. The summed E-state index contributed by atoms with van der Waals surface area (Å²) in [6.07, 6.45) is 1.84. The number of halogens is 1. The van der Waals surface area contributed by atoms with Crippen LogP contribution in [0.3, 0.4) is 0 Å². The van der Waals surface area contributed by atoms with Crippen molar-refractivity contribution in [2.24, 2.45) is 7.05 Å². The first-order valence-electron chi connectivity index (χ1n) is 5.99. The van der Waals surface area contributed by atoms with Crippen molar-refractivity contribution in [3.8, 4) is 11.1 Å². The average Bonchev–Trinajstić information content (AvgIpc) is 2.65. The lowest BCUT2D eigenvalue weighted by atomic mass is 9.98. The Labute approximate surface area is 106 Å². The van der Waals surface area contributed by atoms with Gasteiger partial charge in [-0.05, 0) is 30.5 Å². The highest BCUT2D eigenvalue weighted by atomic mass is 19.1. The van der Waals surface area contributed by atoms with Crippen LogP contribution in [-0.4, -0.2) is 9.78 Å². The molecule has 0 bridgehead atoms. The third-order valence-corrected chi connectivity index (χ3v) is 3.05. The molecule has 0 fully saturated rings. The van der Waals surface area contributed by atoms with Crippen LogP contribution < -0.4 is 5.73 Å². The molecule has 4 heteroatoms. The zero-order chi connectivity index (χ0) is 13.4. The highest BCUT2D eigenvalue weighted by Gasteiger charge is 2.17. The van der Waals surface area contributed by atoms with Gasteiger partial charge < -0.3 is 5.73 Å². The largest absolute Gasteiger partial charge is 0.398 e. The van der Waals surface area contributed by atoms with Crippen LogP contribution >= 0.6 is 0 Å². The van der Waals surface area contributed by atoms with Gasteiger partial charge in [0.25, 0.3) is 0 Å². The zero-order valence-corrected chi connectivity index (χ0v) is 11.2. The molecule has 2 N–H and O–H groups in total. The quantitative estimate of drug-likeness (QED) is 0.828. The number of nitrogens with two attached hydrogens (primary N) is 1. The average molecular weight is 247 g/mol. The monoisotopic (exact) mass is 247 g/mol. The molecule has 0 radical (unpaired) electrons. The molecule has 0 saturated heterocycles. The molecule has 2 rings (SSSR count). The van der Waals surface area contributed by atoms with Gasteiger partial charge in [0.1, 0.15) is 5.82 Å². The standard InChI is InChI=1S/C14H18FN3/c1-8(2)14-11(7-18(4)17-14)10-6-13(16)9(3)5-12(10)15/h5-8H,16H2,1-4H3. The Balaban J connectivity index is 2.65. The van der Waals surface area contributed by atoms with Crippen LogP contribution in [0, 0.1) is 12.7 Å². The first-order chi connectivity index (χ1) is 8.40. The molecule has 2 aromatic rings. The molecule has 0 amide bonds. The highest BCUT2D eigenvalue weighted by molar-refractivity contribution is 5.71. The Hall–Kier alpha value is -1.84. The molecule has 0 spiro atoms. The number of nitrogen functional groups attached to an aromatic ring is 1. The number of aromatic nitrogens is 2. The van der Waals surface area contributed by atoms with Crippen molar-refractivity contribution < 1.29 is 4.39 Å². The van der Waals surface area contributed by atoms with Crippen LogP contribution in [0.15, 0.2) is 18.3 Å². The van der Waals surface area contributed by atoms with E-state index in [-0.39, 0.29) is 11.7 Å². The van der Waals surface area contributed by atoms with Crippen molar-refractivity contribution in [2.45, 2.75) is 26.7 Å². The van der Waals surface area contributed by atoms with Gasteiger partial charge in [0.2, 0.25) is 0 Å². The maximum Gasteiger partial charge on any atom is 0.131 e. The zero-order valence-electron chi connectivity index (χ0n) is 11.2. The van der Waals surface area contributed by atoms with E-state index in [1.807, 2.05) is 27.1 Å². The topological polar surface area (TPSA) is 43.8 Å². The molecule has 18 heavy (non-hydrogen) atoms. The second-order valence-corrected chi connectivity index (χ2v) is 4.95. The first-order valence-corrected chi connectivity index (χ1v) is 5.99. The molecule has 0 aliphatic carbocycles. The van der Waals surface area contributed by atoms with E-state index in [9.17, 15) is 4.39 Å². The fourth-order valence-electron chi connectivity index (χ4n) is 2.04. The molecule has 0 aliphatic heterocycles. The lowest BCUT2D eigenvalue weighted by Crippen LogP contribution is -1.97. The van der Waals surface area contributed by atoms with Crippen molar-refractivity contribution in [1.29, 1.82) is 0 Å². The van der Waals surface area contributed by atoms with Gasteiger partial charge in [0.05, 0.1) is 5.69 Å². The number of nitrogens with zero attached hydrogens (tertiary/aromatic N) is 2. The van der Waals surface area contributed by atoms with E-state index in [1.54, 1.807) is 17.7 Å². The number of hydrogen-bond acceptors (Lipinski definition) is 2. The normalized spacial score (nSPS) is 11.2. The van der Waals surface area contributed by atoms with E-state index < -0.39 is 0 Å². The van der Waals surface area contributed by atoms with Crippen LogP contribution in [0.2, 0.25) is 0 Å². The van der Waals surface area contributed by atoms with E-state index in [0.29, 0.717) is 11.3 Å². The molecule has 1 aromatic heterocycles. The van der Waals surface area contributed by atoms with Gasteiger partial charge >= 0.3 is 0 Å². The Bertz CT molecular complexity index is 585. The third kappa shape index (κ3) is 2.10. The van der Waals surface area contributed by atoms with Crippen molar-refractivity contribution in [3.63, 3.8) is 0 Å². The van der Waals surface area contributed by atoms with Gasteiger partial charge in [-0.2, -0.15) is 5.10 Å². The van der Waals surface area contributed by atoms with E-state index in [0.717, 1.165) is 16.8 Å². The summed E-state index contributed by atoms with van der Waals surface area (Å²) in [5.74, 6) is -0.0141. The molecule has 0 atom stereocenters. The molecule has 1 heterocycles.